The third kappa shape index (κ3) is 4.66. The van der Waals surface area contributed by atoms with Crippen LogP contribution in [0.15, 0.2) is 22.8 Å². The van der Waals surface area contributed by atoms with E-state index in [1.165, 1.54) is 11.8 Å². The highest BCUT2D eigenvalue weighted by atomic mass is 32.2. The quantitative estimate of drug-likeness (QED) is 0.459. The van der Waals surface area contributed by atoms with E-state index >= 15 is 0 Å². The van der Waals surface area contributed by atoms with Gasteiger partial charge in [0.15, 0.2) is 0 Å². The van der Waals surface area contributed by atoms with Gasteiger partial charge in [-0.2, -0.15) is 0 Å². The summed E-state index contributed by atoms with van der Waals surface area (Å²) in [6.45, 7) is 5.89. The van der Waals surface area contributed by atoms with Gasteiger partial charge in [0.25, 0.3) is 0 Å². The van der Waals surface area contributed by atoms with Gasteiger partial charge in [-0.1, -0.05) is 11.8 Å². The standard InChI is InChI=1S/C14H19N3O2S2/c1-3-19-7-4-6-15-13(18)10(2)21-14-12-11(5-8-20-12)16-9-17-14/h5,8-10H,3-4,6-7H2,1-2H3,(H,15,18). The number of fused-ring (bicyclic) bond motifs is 1. The molecule has 0 saturated heterocycles. The lowest BCUT2D eigenvalue weighted by atomic mass is 10.4. The first-order chi connectivity index (χ1) is 10.2. The number of hydrogen-bond acceptors (Lipinski definition) is 6. The first-order valence-corrected chi connectivity index (χ1v) is 8.68. The van der Waals surface area contributed by atoms with Crippen LogP contribution in [0.1, 0.15) is 20.3 Å². The highest BCUT2D eigenvalue weighted by Crippen LogP contribution is 2.31. The lowest BCUT2D eigenvalue weighted by molar-refractivity contribution is -0.120. The van der Waals surface area contributed by atoms with Crippen LogP contribution in [0.25, 0.3) is 10.2 Å². The van der Waals surface area contributed by atoms with Crippen molar-refractivity contribution < 1.29 is 9.53 Å². The number of aromatic nitrogens is 2. The number of hydrogen-bond donors (Lipinski definition) is 1. The molecule has 2 aromatic rings. The van der Waals surface area contributed by atoms with Crippen molar-refractivity contribution in [3.8, 4) is 0 Å². The minimum atomic E-state index is -0.183. The van der Waals surface area contributed by atoms with E-state index in [0.717, 1.165) is 21.7 Å². The first-order valence-electron chi connectivity index (χ1n) is 6.92. The van der Waals surface area contributed by atoms with Gasteiger partial charge in [0.1, 0.15) is 11.4 Å². The number of thioether (sulfide) groups is 1. The maximum atomic E-state index is 12.0. The van der Waals surface area contributed by atoms with Crippen LogP contribution in [0, 0.1) is 0 Å². The highest BCUT2D eigenvalue weighted by molar-refractivity contribution is 8.00. The molecule has 0 spiro atoms. The summed E-state index contributed by atoms with van der Waals surface area (Å²) in [6.07, 6.45) is 2.38. The Balaban J connectivity index is 1.84. The Kier molecular flexibility index (Phi) is 6.41. The Hall–Kier alpha value is -1.18. The summed E-state index contributed by atoms with van der Waals surface area (Å²) in [5.74, 6) is 0.0276. The van der Waals surface area contributed by atoms with Crippen LogP contribution in [-0.4, -0.2) is 40.9 Å². The van der Waals surface area contributed by atoms with E-state index in [-0.39, 0.29) is 11.2 Å². The van der Waals surface area contributed by atoms with E-state index in [1.54, 1.807) is 17.7 Å². The minimum Gasteiger partial charge on any atom is -0.382 e. The number of rotatable bonds is 8. The molecule has 0 radical (unpaired) electrons. The van der Waals surface area contributed by atoms with Gasteiger partial charge in [0.05, 0.1) is 15.5 Å². The summed E-state index contributed by atoms with van der Waals surface area (Å²) in [6, 6.07) is 1.96. The molecule has 114 valence electrons. The Morgan fingerprint density at radius 3 is 3.19 bits per heavy atom. The maximum absolute atomic E-state index is 12.0. The summed E-state index contributed by atoms with van der Waals surface area (Å²) >= 11 is 3.07. The molecular formula is C14H19N3O2S2. The number of amides is 1. The fourth-order valence-corrected chi connectivity index (χ4v) is 3.61. The summed E-state index contributed by atoms with van der Waals surface area (Å²) in [4.78, 5) is 20.5. The zero-order valence-corrected chi connectivity index (χ0v) is 13.8. The second kappa shape index (κ2) is 8.31. The number of nitrogens with zero attached hydrogens (tertiary/aromatic N) is 2. The van der Waals surface area contributed by atoms with Gasteiger partial charge < -0.3 is 10.1 Å². The monoisotopic (exact) mass is 325 g/mol. The lowest BCUT2D eigenvalue weighted by Gasteiger charge is -2.11. The zero-order chi connectivity index (χ0) is 15.1. The predicted octanol–water partition coefficient (Wildman–Crippen LogP) is 2.71. The molecule has 2 heterocycles. The van der Waals surface area contributed by atoms with Crippen LogP contribution in [0.5, 0.6) is 0 Å². The molecule has 0 aliphatic rings. The minimum absolute atomic E-state index is 0.0276. The van der Waals surface area contributed by atoms with Crippen LogP contribution in [0.3, 0.4) is 0 Å². The molecule has 21 heavy (non-hydrogen) atoms. The van der Waals surface area contributed by atoms with Gasteiger partial charge in [0, 0.05) is 19.8 Å². The van der Waals surface area contributed by atoms with E-state index in [0.29, 0.717) is 19.8 Å². The Morgan fingerprint density at radius 2 is 2.38 bits per heavy atom. The van der Waals surface area contributed by atoms with Crippen molar-refractivity contribution in [1.29, 1.82) is 0 Å². The van der Waals surface area contributed by atoms with E-state index in [4.69, 9.17) is 4.74 Å². The van der Waals surface area contributed by atoms with Gasteiger partial charge in [-0.3, -0.25) is 4.79 Å². The summed E-state index contributed by atoms with van der Waals surface area (Å²) in [5.41, 5.74) is 0.932. The third-order valence-corrected chi connectivity index (χ3v) is 4.98. The second-order valence-corrected chi connectivity index (χ2v) is 6.66. The lowest BCUT2D eigenvalue weighted by Crippen LogP contribution is -2.32. The van der Waals surface area contributed by atoms with Gasteiger partial charge >= 0.3 is 0 Å². The van der Waals surface area contributed by atoms with Crippen LogP contribution < -0.4 is 5.32 Å². The highest BCUT2D eigenvalue weighted by Gasteiger charge is 2.16. The summed E-state index contributed by atoms with van der Waals surface area (Å²) < 4.78 is 6.28. The Bertz CT molecular complexity index is 588. The Labute approximate surface area is 132 Å². The van der Waals surface area contributed by atoms with Crippen LogP contribution in [0.4, 0.5) is 0 Å². The molecule has 0 aliphatic carbocycles. The molecule has 0 bridgehead atoms. The van der Waals surface area contributed by atoms with E-state index in [9.17, 15) is 4.79 Å². The van der Waals surface area contributed by atoms with Crippen LogP contribution in [-0.2, 0) is 9.53 Å². The van der Waals surface area contributed by atoms with Crippen molar-refractivity contribution >= 4 is 39.2 Å². The maximum Gasteiger partial charge on any atom is 0.233 e. The molecule has 1 amide bonds. The summed E-state index contributed by atoms with van der Waals surface area (Å²) in [5, 5.41) is 5.60. The van der Waals surface area contributed by atoms with Crippen LogP contribution in [0.2, 0.25) is 0 Å². The van der Waals surface area contributed by atoms with Crippen LogP contribution >= 0.6 is 23.1 Å². The number of nitrogens with one attached hydrogen (secondary N) is 1. The topological polar surface area (TPSA) is 64.1 Å². The smallest absolute Gasteiger partial charge is 0.233 e. The molecule has 0 aliphatic heterocycles. The molecule has 0 fully saturated rings. The molecule has 5 nitrogen and oxygen atoms in total. The van der Waals surface area contributed by atoms with Crippen molar-refractivity contribution in [3.05, 3.63) is 17.8 Å². The molecule has 2 rings (SSSR count). The normalized spacial score (nSPS) is 12.5. The number of thiophene rings is 1. The first kappa shape index (κ1) is 16.2. The molecule has 0 saturated carbocycles. The predicted molar refractivity (Wildman–Crippen MR) is 86.9 cm³/mol. The molecule has 7 heteroatoms. The SMILES string of the molecule is CCOCCCNC(=O)C(C)Sc1ncnc2ccsc12. The fourth-order valence-electron chi connectivity index (χ4n) is 1.75. The van der Waals surface area contributed by atoms with Crippen molar-refractivity contribution in [3.63, 3.8) is 0 Å². The molecular weight excluding hydrogens is 306 g/mol. The second-order valence-electron chi connectivity index (χ2n) is 4.42. The van der Waals surface area contributed by atoms with Crippen molar-refractivity contribution in [2.75, 3.05) is 19.8 Å². The number of carbonyl (C=O) groups excluding carboxylic acids is 1. The van der Waals surface area contributed by atoms with E-state index in [2.05, 4.69) is 15.3 Å². The van der Waals surface area contributed by atoms with E-state index < -0.39 is 0 Å². The average Bonchev–Trinajstić information content (AvgIpc) is 2.96. The van der Waals surface area contributed by atoms with Crippen molar-refractivity contribution in [2.45, 2.75) is 30.5 Å². The molecule has 1 N–H and O–H groups in total. The molecule has 0 aromatic carbocycles. The zero-order valence-electron chi connectivity index (χ0n) is 12.2. The van der Waals surface area contributed by atoms with Gasteiger partial charge in [-0.25, -0.2) is 9.97 Å². The van der Waals surface area contributed by atoms with Gasteiger partial charge in [0.2, 0.25) is 5.91 Å². The van der Waals surface area contributed by atoms with Crippen molar-refractivity contribution in [2.24, 2.45) is 0 Å². The van der Waals surface area contributed by atoms with E-state index in [1.807, 2.05) is 25.3 Å². The summed E-state index contributed by atoms with van der Waals surface area (Å²) in [7, 11) is 0. The molecule has 2 aromatic heterocycles. The Morgan fingerprint density at radius 1 is 1.52 bits per heavy atom. The van der Waals surface area contributed by atoms with Gasteiger partial charge in [-0.15, -0.1) is 11.3 Å². The van der Waals surface area contributed by atoms with Crippen molar-refractivity contribution in [1.82, 2.24) is 15.3 Å². The molecule has 1 unspecified atom stereocenters. The largest absolute Gasteiger partial charge is 0.382 e. The number of carbonyl (C=O) groups is 1. The number of ether oxygens (including phenoxy) is 1. The average molecular weight is 325 g/mol. The third-order valence-electron chi connectivity index (χ3n) is 2.84. The fraction of sp³-hybridized carbons (Fsp3) is 0.500. The molecule has 1 atom stereocenters. The van der Waals surface area contributed by atoms with Gasteiger partial charge in [-0.05, 0) is 31.7 Å².